The molecule has 2 N–H and O–H groups in total. The molecule has 1 atom stereocenters. The molecule has 0 bridgehead atoms. The molecule has 0 saturated heterocycles. The number of halogens is 2. The summed E-state index contributed by atoms with van der Waals surface area (Å²) in [7, 11) is 1.76. The third-order valence-corrected chi connectivity index (χ3v) is 6.63. The number of carbonyl (C=O) groups excluding carboxylic acids is 2. The van der Waals surface area contributed by atoms with Crippen molar-refractivity contribution >= 4 is 58.2 Å². The van der Waals surface area contributed by atoms with Gasteiger partial charge in [-0.25, -0.2) is 0 Å². The quantitative estimate of drug-likeness (QED) is 0.199. The summed E-state index contributed by atoms with van der Waals surface area (Å²) in [5.41, 5.74) is 0.690. The Labute approximate surface area is 221 Å². The number of nitrogens with zero attached hydrogens (tertiary/aromatic N) is 4. The predicted molar refractivity (Wildman–Crippen MR) is 140 cm³/mol. The average molecular weight is 551 g/mol. The number of anilines is 1. The molecule has 0 fully saturated rings. The van der Waals surface area contributed by atoms with Gasteiger partial charge in [-0.15, -0.1) is 10.2 Å². The van der Waals surface area contributed by atoms with Crippen molar-refractivity contribution in [2.45, 2.75) is 31.5 Å². The predicted octanol–water partition coefficient (Wildman–Crippen LogP) is 5.28. The Bertz CT molecular complexity index is 1270. The van der Waals surface area contributed by atoms with Gasteiger partial charge in [-0.2, -0.15) is 0 Å². The molecule has 0 aliphatic carbocycles. The third kappa shape index (κ3) is 7.19. The van der Waals surface area contributed by atoms with Crippen LogP contribution in [0.1, 0.15) is 42.5 Å². The fraction of sp³-hybridized carbons (Fsp3) is 0.304. The number of nitro groups is 1. The fourth-order valence-corrected chi connectivity index (χ4v) is 4.57. The molecule has 0 spiro atoms. The van der Waals surface area contributed by atoms with Crippen molar-refractivity contribution in [1.82, 2.24) is 20.1 Å². The van der Waals surface area contributed by atoms with Gasteiger partial charge in [0.25, 0.3) is 11.6 Å². The Kier molecular flexibility index (Phi) is 9.30. The molecule has 0 aliphatic rings. The first-order valence-corrected chi connectivity index (χ1v) is 12.6. The lowest BCUT2D eigenvalue weighted by Gasteiger charge is -2.20. The molecular formula is C23H24Cl2N6O4S. The van der Waals surface area contributed by atoms with Crippen molar-refractivity contribution in [3.63, 3.8) is 0 Å². The summed E-state index contributed by atoms with van der Waals surface area (Å²) < 4.78 is 1.74. The molecule has 0 unspecified atom stereocenters. The maximum Gasteiger partial charge on any atom is 0.269 e. The summed E-state index contributed by atoms with van der Waals surface area (Å²) in [5.74, 6) is 0.173. The second-order valence-corrected chi connectivity index (χ2v) is 10.1. The van der Waals surface area contributed by atoms with Gasteiger partial charge >= 0.3 is 0 Å². The molecular weight excluding hydrogens is 527 g/mol. The largest absolute Gasteiger partial charge is 0.342 e. The highest BCUT2D eigenvalue weighted by Crippen LogP contribution is 2.26. The maximum absolute atomic E-state index is 12.9. The standard InChI is InChI=1S/C23H24Cl2N6O4S/c1-13(2)10-19(27-22(33)17-9-4-14(24)11-18(17)25)21-28-29-23(30(21)3)36-12-20(32)26-15-5-7-16(8-6-15)31(34)35/h4-9,11,13,19H,10,12H2,1-3H3,(H,26,32)(H,27,33)/t19-/m0/s1. The highest BCUT2D eigenvalue weighted by molar-refractivity contribution is 7.99. The van der Waals surface area contributed by atoms with Gasteiger partial charge in [-0.05, 0) is 42.7 Å². The van der Waals surface area contributed by atoms with Gasteiger partial charge in [-0.1, -0.05) is 48.8 Å². The van der Waals surface area contributed by atoms with Crippen LogP contribution in [0.5, 0.6) is 0 Å². The van der Waals surface area contributed by atoms with E-state index in [1.807, 2.05) is 13.8 Å². The van der Waals surface area contributed by atoms with E-state index in [-0.39, 0.29) is 34.2 Å². The molecule has 0 radical (unpaired) electrons. The number of carbonyl (C=O) groups is 2. The maximum atomic E-state index is 12.9. The molecule has 0 saturated carbocycles. The van der Waals surface area contributed by atoms with Crippen molar-refractivity contribution in [2.24, 2.45) is 13.0 Å². The lowest BCUT2D eigenvalue weighted by Crippen LogP contribution is -2.31. The summed E-state index contributed by atoms with van der Waals surface area (Å²) in [6.45, 7) is 4.06. The Morgan fingerprint density at radius 2 is 1.83 bits per heavy atom. The van der Waals surface area contributed by atoms with E-state index in [1.165, 1.54) is 42.1 Å². The summed E-state index contributed by atoms with van der Waals surface area (Å²) >= 11 is 13.3. The van der Waals surface area contributed by atoms with E-state index in [9.17, 15) is 19.7 Å². The Balaban J connectivity index is 1.67. The number of non-ortho nitro benzene ring substituents is 1. The highest BCUT2D eigenvalue weighted by atomic mass is 35.5. The monoisotopic (exact) mass is 550 g/mol. The molecule has 10 nitrogen and oxygen atoms in total. The SMILES string of the molecule is CC(C)C[C@H](NC(=O)c1ccc(Cl)cc1Cl)c1nnc(SCC(=O)Nc2ccc([N+](=O)[O-])cc2)n1C. The topological polar surface area (TPSA) is 132 Å². The number of aromatic nitrogens is 3. The van der Waals surface area contributed by atoms with Gasteiger partial charge in [0.1, 0.15) is 0 Å². The van der Waals surface area contributed by atoms with Gasteiger partial charge in [0.2, 0.25) is 5.91 Å². The van der Waals surface area contributed by atoms with Crippen LogP contribution in [0.25, 0.3) is 0 Å². The zero-order chi connectivity index (χ0) is 26.4. The van der Waals surface area contributed by atoms with Gasteiger partial charge < -0.3 is 15.2 Å². The van der Waals surface area contributed by atoms with Crippen LogP contribution < -0.4 is 10.6 Å². The minimum absolute atomic E-state index is 0.0462. The van der Waals surface area contributed by atoms with E-state index in [4.69, 9.17) is 23.2 Å². The zero-order valence-electron chi connectivity index (χ0n) is 19.7. The number of nitro benzene ring substituents is 1. The van der Waals surface area contributed by atoms with Crippen LogP contribution >= 0.6 is 35.0 Å². The van der Waals surface area contributed by atoms with E-state index >= 15 is 0 Å². The van der Waals surface area contributed by atoms with E-state index in [2.05, 4.69) is 20.8 Å². The van der Waals surface area contributed by atoms with Gasteiger partial charge in [0.15, 0.2) is 11.0 Å². The molecule has 36 heavy (non-hydrogen) atoms. The summed E-state index contributed by atoms with van der Waals surface area (Å²) in [6, 6.07) is 9.79. The number of nitrogens with one attached hydrogen (secondary N) is 2. The fourth-order valence-electron chi connectivity index (χ4n) is 3.36. The minimum Gasteiger partial charge on any atom is -0.342 e. The normalized spacial score (nSPS) is 11.8. The summed E-state index contributed by atoms with van der Waals surface area (Å²) in [4.78, 5) is 35.5. The molecule has 1 aromatic heterocycles. The molecule has 190 valence electrons. The van der Waals surface area contributed by atoms with Crippen molar-refractivity contribution in [2.75, 3.05) is 11.1 Å². The van der Waals surface area contributed by atoms with Crippen molar-refractivity contribution in [1.29, 1.82) is 0 Å². The Hall–Kier alpha value is -3.15. The number of hydrogen-bond donors (Lipinski definition) is 2. The Morgan fingerprint density at radius 3 is 2.44 bits per heavy atom. The molecule has 1 heterocycles. The van der Waals surface area contributed by atoms with Gasteiger partial charge in [0, 0.05) is 29.9 Å². The first-order chi connectivity index (χ1) is 17.0. The van der Waals surface area contributed by atoms with E-state index in [0.29, 0.717) is 33.7 Å². The number of amides is 2. The molecule has 3 rings (SSSR count). The van der Waals surface area contributed by atoms with Crippen LogP contribution in [-0.4, -0.2) is 37.3 Å². The van der Waals surface area contributed by atoms with Crippen LogP contribution in [0.2, 0.25) is 10.0 Å². The smallest absolute Gasteiger partial charge is 0.269 e. The van der Waals surface area contributed by atoms with Crippen LogP contribution in [0.3, 0.4) is 0 Å². The number of hydrogen-bond acceptors (Lipinski definition) is 7. The number of benzene rings is 2. The second kappa shape index (κ2) is 12.2. The highest BCUT2D eigenvalue weighted by Gasteiger charge is 2.24. The van der Waals surface area contributed by atoms with Crippen molar-refractivity contribution in [3.05, 3.63) is 74.0 Å². The number of rotatable bonds is 10. The zero-order valence-corrected chi connectivity index (χ0v) is 22.0. The van der Waals surface area contributed by atoms with Gasteiger partial charge in [-0.3, -0.25) is 19.7 Å². The molecule has 3 aromatic rings. The summed E-state index contributed by atoms with van der Waals surface area (Å²) in [5, 5.41) is 26.1. The van der Waals surface area contributed by atoms with Crippen molar-refractivity contribution in [3.8, 4) is 0 Å². The first kappa shape index (κ1) is 27.4. The van der Waals surface area contributed by atoms with Crippen molar-refractivity contribution < 1.29 is 14.5 Å². The van der Waals surface area contributed by atoms with Crippen LogP contribution in [0.15, 0.2) is 47.6 Å². The summed E-state index contributed by atoms with van der Waals surface area (Å²) in [6.07, 6.45) is 0.605. The lowest BCUT2D eigenvalue weighted by molar-refractivity contribution is -0.384. The number of thioether (sulfide) groups is 1. The van der Waals surface area contributed by atoms with Crippen LogP contribution in [0, 0.1) is 16.0 Å². The van der Waals surface area contributed by atoms with E-state index < -0.39 is 11.0 Å². The van der Waals surface area contributed by atoms with E-state index in [1.54, 1.807) is 23.7 Å². The lowest BCUT2D eigenvalue weighted by atomic mass is 10.0. The molecule has 13 heteroatoms. The Morgan fingerprint density at radius 1 is 1.14 bits per heavy atom. The molecule has 2 aromatic carbocycles. The molecule has 0 aliphatic heterocycles. The van der Waals surface area contributed by atoms with Crippen LogP contribution in [-0.2, 0) is 11.8 Å². The molecule has 2 amide bonds. The minimum atomic E-state index is -0.508. The first-order valence-electron chi connectivity index (χ1n) is 10.9. The van der Waals surface area contributed by atoms with Crippen LogP contribution in [0.4, 0.5) is 11.4 Å². The second-order valence-electron chi connectivity index (χ2n) is 8.32. The van der Waals surface area contributed by atoms with E-state index in [0.717, 1.165) is 0 Å². The van der Waals surface area contributed by atoms with Gasteiger partial charge in [0.05, 0.1) is 27.3 Å². The third-order valence-electron chi connectivity index (χ3n) is 5.06. The average Bonchev–Trinajstić information content (AvgIpc) is 3.17.